The lowest BCUT2D eigenvalue weighted by Gasteiger charge is -2.40. The van der Waals surface area contributed by atoms with Crippen LogP contribution in [0.15, 0.2) is 0 Å². The van der Waals surface area contributed by atoms with Crippen LogP contribution in [0, 0.1) is 5.41 Å². The fourth-order valence-electron chi connectivity index (χ4n) is 2.62. The molecule has 1 fully saturated rings. The molecule has 1 aliphatic rings. The second kappa shape index (κ2) is 7.17. The lowest BCUT2D eigenvalue weighted by molar-refractivity contribution is -0.140. The van der Waals surface area contributed by atoms with E-state index < -0.39 is 5.41 Å². The van der Waals surface area contributed by atoms with Crippen LogP contribution in [0.3, 0.4) is 0 Å². The average Bonchev–Trinajstić information content (AvgIpc) is 2.41. The van der Waals surface area contributed by atoms with Crippen LogP contribution >= 0.6 is 12.2 Å². The topological polar surface area (TPSA) is 69.8 Å². The Bertz CT molecular complexity index is 324. The molecule has 5 nitrogen and oxygen atoms in total. The molecule has 1 aliphatic heterocycles. The summed E-state index contributed by atoms with van der Waals surface area (Å²) in [5, 5.41) is 8.92. The summed E-state index contributed by atoms with van der Waals surface area (Å²) in [7, 11) is 0. The highest BCUT2D eigenvalue weighted by atomic mass is 32.1. The van der Waals surface area contributed by atoms with Gasteiger partial charge in [-0.1, -0.05) is 26.1 Å². The summed E-state index contributed by atoms with van der Waals surface area (Å²) in [6.07, 6.45) is 1.29. The first-order chi connectivity index (χ1) is 9.01. The van der Waals surface area contributed by atoms with Crippen molar-refractivity contribution < 1.29 is 9.90 Å². The third-order valence-corrected chi connectivity index (χ3v) is 4.55. The number of aliphatic hydroxyl groups is 1. The van der Waals surface area contributed by atoms with Gasteiger partial charge in [-0.3, -0.25) is 9.69 Å². The van der Waals surface area contributed by atoms with Gasteiger partial charge < -0.3 is 15.7 Å². The van der Waals surface area contributed by atoms with E-state index in [9.17, 15) is 4.79 Å². The van der Waals surface area contributed by atoms with E-state index in [4.69, 9.17) is 23.1 Å². The van der Waals surface area contributed by atoms with Crippen molar-refractivity contribution in [3.8, 4) is 0 Å². The molecule has 1 heterocycles. The van der Waals surface area contributed by atoms with Gasteiger partial charge in [0.1, 0.15) is 0 Å². The maximum absolute atomic E-state index is 12.7. The molecule has 0 saturated carbocycles. The van der Waals surface area contributed by atoms with E-state index in [1.54, 1.807) is 0 Å². The minimum Gasteiger partial charge on any atom is -0.395 e. The van der Waals surface area contributed by atoms with Gasteiger partial charge in [-0.2, -0.15) is 0 Å². The fourth-order valence-corrected chi connectivity index (χ4v) is 3.00. The zero-order chi connectivity index (χ0) is 14.5. The molecular formula is C13H25N3O2S. The Labute approximate surface area is 120 Å². The van der Waals surface area contributed by atoms with Crippen molar-refractivity contribution in [1.29, 1.82) is 0 Å². The number of nitrogens with zero attached hydrogens (tertiary/aromatic N) is 2. The summed E-state index contributed by atoms with van der Waals surface area (Å²) < 4.78 is 0. The van der Waals surface area contributed by atoms with Gasteiger partial charge in [-0.05, 0) is 12.8 Å². The van der Waals surface area contributed by atoms with Gasteiger partial charge in [-0.25, -0.2) is 0 Å². The fraction of sp³-hybridized carbons (Fsp3) is 0.846. The predicted molar refractivity (Wildman–Crippen MR) is 79.9 cm³/mol. The Morgan fingerprint density at radius 2 is 1.79 bits per heavy atom. The smallest absolute Gasteiger partial charge is 0.235 e. The van der Waals surface area contributed by atoms with E-state index >= 15 is 0 Å². The van der Waals surface area contributed by atoms with Crippen LogP contribution in [-0.4, -0.2) is 65.1 Å². The van der Waals surface area contributed by atoms with Crippen molar-refractivity contribution in [3.05, 3.63) is 0 Å². The molecule has 19 heavy (non-hydrogen) atoms. The highest BCUT2D eigenvalue weighted by molar-refractivity contribution is 7.80. The van der Waals surface area contributed by atoms with Crippen molar-refractivity contribution >= 4 is 23.1 Å². The van der Waals surface area contributed by atoms with Crippen LogP contribution in [0.1, 0.15) is 26.7 Å². The molecule has 6 heteroatoms. The third kappa shape index (κ3) is 3.43. The Hall–Kier alpha value is -0.720. The number of aliphatic hydroxyl groups excluding tert-OH is 1. The molecule has 110 valence electrons. The lowest BCUT2D eigenvalue weighted by atomic mass is 9.80. The Morgan fingerprint density at radius 1 is 1.26 bits per heavy atom. The number of carbonyl (C=O) groups is 1. The molecule has 0 radical (unpaired) electrons. The van der Waals surface area contributed by atoms with E-state index in [2.05, 4.69) is 4.90 Å². The van der Waals surface area contributed by atoms with Gasteiger partial charge in [0, 0.05) is 32.7 Å². The number of nitrogens with two attached hydrogens (primary N) is 1. The van der Waals surface area contributed by atoms with Gasteiger partial charge in [0.25, 0.3) is 0 Å². The van der Waals surface area contributed by atoms with Gasteiger partial charge in [0.2, 0.25) is 5.91 Å². The number of amides is 1. The van der Waals surface area contributed by atoms with E-state index in [0.717, 1.165) is 13.1 Å². The number of piperazine rings is 1. The van der Waals surface area contributed by atoms with E-state index in [-0.39, 0.29) is 12.5 Å². The van der Waals surface area contributed by atoms with Crippen molar-refractivity contribution in [2.45, 2.75) is 26.7 Å². The third-order valence-electron chi connectivity index (χ3n) is 4.16. The quantitative estimate of drug-likeness (QED) is 0.684. The summed E-state index contributed by atoms with van der Waals surface area (Å²) >= 11 is 5.12. The van der Waals surface area contributed by atoms with Crippen LogP contribution in [0.2, 0.25) is 0 Å². The first kappa shape index (κ1) is 16.3. The highest BCUT2D eigenvalue weighted by Gasteiger charge is 2.41. The predicted octanol–water partition coefficient (Wildman–Crippen LogP) is 0.215. The van der Waals surface area contributed by atoms with Gasteiger partial charge in [0.05, 0.1) is 17.0 Å². The van der Waals surface area contributed by atoms with Crippen molar-refractivity contribution in [2.75, 3.05) is 39.3 Å². The lowest BCUT2D eigenvalue weighted by Crippen LogP contribution is -2.56. The molecule has 0 aromatic carbocycles. The van der Waals surface area contributed by atoms with E-state index in [1.807, 2.05) is 18.7 Å². The molecule has 0 aromatic heterocycles. The second-order valence-electron chi connectivity index (χ2n) is 5.01. The number of hydrogen-bond acceptors (Lipinski definition) is 4. The first-order valence-corrected chi connectivity index (χ1v) is 7.35. The van der Waals surface area contributed by atoms with Crippen LogP contribution in [0.4, 0.5) is 0 Å². The molecule has 1 saturated heterocycles. The van der Waals surface area contributed by atoms with Crippen LogP contribution in [0.5, 0.6) is 0 Å². The Balaban J connectivity index is 2.70. The van der Waals surface area contributed by atoms with Gasteiger partial charge in [0.15, 0.2) is 0 Å². The zero-order valence-electron chi connectivity index (χ0n) is 11.9. The molecule has 3 N–H and O–H groups in total. The molecule has 0 aromatic rings. The van der Waals surface area contributed by atoms with Crippen LogP contribution in [-0.2, 0) is 4.79 Å². The minimum atomic E-state index is -0.686. The van der Waals surface area contributed by atoms with Crippen LogP contribution in [0.25, 0.3) is 0 Å². The molecule has 1 amide bonds. The van der Waals surface area contributed by atoms with Crippen molar-refractivity contribution in [1.82, 2.24) is 9.80 Å². The maximum atomic E-state index is 12.7. The molecule has 0 bridgehead atoms. The SMILES string of the molecule is CCC(CC)(C(=O)N1CCN(CCO)CC1)C(N)=S. The molecule has 0 atom stereocenters. The summed E-state index contributed by atoms with van der Waals surface area (Å²) in [5.74, 6) is 0.0636. The van der Waals surface area contributed by atoms with Gasteiger partial charge in [-0.15, -0.1) is 0 Å². The number of β-amino-alcohol motifs (C(OH)–C–C–N with tert-alkyl or cyclic N) is 1. The molecule has 0 spiro atoms. The van der Waals surface area contributed by atoms with Gasteiger partial charge >= 0.3 is 0 Å². The summed E-state index contributed by atoms with van der Waals surface area (Å²) in [6.45, 7) is 7.72. The monoisotopic (exact) mass is 287 g/mol. The highest BCUT2D eigenvalue weighted by Crippen LogP contribution is 2.30. The average molecular weight is 287 g/mol. The molecular weight excluding hydrogens is 262 g/mol. The number of rotatable bonds is 6. The van der Waals surface area contributed by atoms with E-state index in [1.165, 1.54) is 0 Å². The number of hydrogen-bond donors (Lipinski definition) is 2. The number of carbonyl (C=O) groups excluding carboxylic acids is 1. The maximum Gasteiger partial charge on any atom is 0.235 e. The molecule has 0 aliphatic carbocycles. The largest absolute Gasteiger partial charge is 0.395 e. The minimum absolute atomic E-state index is 0.0636. The Kier molecular flexibility index (Phi) is 6.16. The normalized spacial score (nSPS) is 17.5. The first-order valence-electron chi connectivity index (χ1n) is 6.94. The molecule has 0 unspecified atom stereocenters. The van der Waals surface area contributed by atoms with E-state index in [0.29, 0.717) is 37.5 Å². The molecule has 1 rings (SSSR count). The summed E-state index contributed by atoms with van der Waals surface area (Å²) in [5.41, 5.74) is 5.13. The zero-order valence-corrected chi connectivity index (χ0v) is 12.7. The van der Waals surface area contributed by atoms with Crippen LogP contribution < -0.4 is 5.73 Å². The standard InChI is InChI=1S/C13H25N3O2S/c1-3-13(4-2,11(14)19)12(18)16-7-5-15(6-8-16)9-10-17/h17H,3-10H2,1-2H3,(H2,14,19). The second-order valence-corrected chi connectivity index (χ2v) is 5.45. The van der Waals surface area contributed by atoms with Crippen molar-refractivity contribution in [3.63, 3.8) is 0 Å². The number of thiocarbonyl (C=S) groups is 1. The summed E-state index contributed by atoms with van der Waals surface area (Å²) in [4.78, 5) is 17.0. The summed E-state index contributed by atoms with van der Waals surface area (Å²) in [6, 6.07) is 0. The Morgan fingerprint density at radius 3 is 2.16 bits per heavy atom. The van der Waals surface area contributed by atoms with Crippen molar-refractivity contribution in [2.24, 2.45) is 11.1 Å².